The van der Waals surface area contributed by atoms with Gasteiger partial charge in [-0.2, -0.15) is 0 Å². The summed E-state index contributed by atoms with van der Waals surface area (Å²) in [6.07, 6.45) is 1.99. The summed E-state index contributed by atoms with van der Waals surface area (Å²) < 4.78 is 5.52. The van der Waals surface area contributed by atoms with Crippen molar-refractivity contribution in [2.45, 2.75) is 26.3 Å². The Hall–Kier alpha value is -2.82. The predicted octanol–water partition coefficient (Wildman–Crippen LogP) is 3.36. The van der Waals surface area contributed by atoms with Crippen molar-refractivity contribution in [3.8, 4) is 5.75 Å². The minimum absolute atomic E-state index is 0.120. The Morgan fingerprint density at radius 2 is 1.80 bits per heavy atom. The normalized spacial score (nSPS) is 13.2. The van der Waals surface area contributed by atoms with E-state index in [1.165, 1.54) is 0 Å². The number of rotatable bonds is 7. The maximum Gasteiger partial charge on any atom is 0.255 e. The number of anilines is 1. The van der Waals surface area contributed by atoms with Crippen LogP contribution in [0.1, 0.15) is 35.7 Å². The van der Waals surface area contributed by atoms with Gasteiger partial charge in [0.05, 0.1) is 12.3 Å². The van der Waals surface area contributed by atoms with E-state index in [4.69, 9.17) is 4.74 Å². The van der Waals surface area contributed by atoms with Crippen LogP contribution < -0.4 is 15.4 Å². The molecule has 1 fully saturated rings. The van der Waals surface area contributed by atoms with Crippen LogP contribution in [0, 0.1) is 5.92 Å². The first-order valence-corrected chi connectivity index (χ1v) is 8.57. The first-order chi connectivity index (χ1) is 12.2. The molecule has 0 heterocycles. The molecule has 0 bridgehead atoms. The molecule has 5 heteroatoms. The molecule has 3 rings (SSSR count). The van der Waals surface area contributed by atoms with E-state index in [0.29, 0.717) is 30.2 Å². The van der Waals surface area contributed by atoms with Crippen molar-refractivity contribution >= 4 is 17.5 Å². The van der Waals surface area contributed by atoms with Crippen molar-refractivity contribution in [1.29, 1.82) is 0 Å². The quantitative estimate of drug-likeness (QED) is 0.813. The zero-order valence-corrected chi connectivity index (χ0v) is 14.2. The molecule has 2 aromatic rings. The molecular weight excluding hydrogens is 316 g/mol. The van der Waals surface area contributed by atoms with Gasteiger partial charge in [0.1, 0.15) is 5.75 Å². The molecular formula is C20H22N2O3. The molecule has 25 heavy (non-hydrogen) atoms. The van der Waals surface area contributed by atoms with Gasteiger partial charge in [0.15, 0.2) is 0 Å². The fourth-order valence-electron chi connectivity index (χ4n) is 2.50. The molecule has 2 amide bonds. The summed E-state index contributed by atoms with van der Waals surface area (Å²) in [6, 6.07) is 14.6. The van der Waals surface area contributed by atoms with Crippen LogP contribution in [-0.2, 0) is 11.3 Å². The zero-order valence-electron chi connectivity index (χ0n) is 14.2. The summed E-state index contributed by atoms with van der Waals surface area (Å²) in [5.74, 6) is 0.781. The molecule has 2 aromatic carbocycles. The van der Waals surface area contributed by atoms with Crippen molar-refractivity contribution in [2.75, 3.05) is 11.9 Å². The van der Waals surface area contributed by atoms with Crippen LogP contribution in [0.25, 0.3) is 0 Å². The maximum absolute atomic E-state index is 12.4. The largest absolute Gasteiger partial charge is 0.492 e. The molecule has 1 saturated carbocycles. The topological polar surface area (TPSA) is 67.4 Å². The number of para-hydroxylation sites is 2. The second-order valence-corrected chi connectivity index (χ2v) is 6.07. The molecule has 0 radical (unpaired) electrons. The van der Waals surface area contributed by atoms with Crippen molar-refractivity contribution in [1.82, 2.24) is 5.32 Å². The molecule has 0 aliphatic heterocycles. The lowest BCUT2D eigenvalue weighted by Crippen LogP contribution is -2.24. The molecule has 0 saturated heterocycles. The third-order valence-corrected chi connectivity index (χ3v) is 4.07. The lowest BCUT2D eigenvalue weighted by Gasteiger charge is -2.11. The van der Waals surface area contributed by atoms with Gasteiger partial charge in [-0.1, -0.05) is 24.3 Å². The van der Waals surface area contributed by atoms with E-state index in [1.807, 2.05) is 43.3 Å². The Kier molecular flexibility index (Phi) is 5.33. The van der Waals surface area contributed by atoms with Crippen LogP contribution in [0.3, 0.4) is 0 Å². The highest BCUT2D eigenvalue weighted by Gasteiger charge is 2.29. The van der Waals surface area contributed by atoms with Gasteiger partial charge < -0.3 is 15.4 Å². The molecule has 130 valence electrons. The molecule has 0 spiro atoms. The van der Waals surface area contributed by atoms with Crippen LogP contribution in [0.2, 0.25) is 0 Å². The maximum atomic E-state index is 12.4. The summed E-state index contributed by atoms with van der Waals surface area (Å²) in [5.41, 5.74) is 2.18. The molecule has 1 aliphatic rings. The van der Waals surface area contributed by atoms with Gasteiger partial charge in [0.2, 0.25) is 5.91 Å². The number of hydrogen-bond acceptors (Lipinski definition) is 3. The highest BCUT2D eigenvalue weighted by molar-refractivity contribution is 6.05. The zero-order chi connectivity index (χ0) is 17.6. The molecule has 1 aliphatic carbocycles. The summed E-state index contributed by atoms with van der Waals surface area (Å²) in [5, 5.41) is 5.79. The third-order valence-electron chi connectivity index (χ3n) is 4.07. The van der Waals surface area contributed by atoms with Crippen LogP contribution in [0.4, 0.5) is 5.69 Å². The van der Waals surface area contributed by atoms with Gasteiger partial charge in [-0.15, -0.1) is 0 Å². The Bertz CT molecular complexity index is 752. The van der Waals surface area contributed by atoms with Crippen LogP contribution in [0.15, 0.2) is 48.5 Å². The van der Waals surface area contributed by atoms with Crippen molar-refractivity contribution in [3.63, 3.8) is 0 Å². The molecule has 0 atom stereocenters. The van der Waals surface area contributed by atoms with Crippen molar-refractivity contribution in [2.24, 2.45) is 5.92 Å². The van der Waals surface area contributed by atoms with Gasteiger partial charge in [-0.05, 0) is 49.6 Å². The van der Waals surface area contributed by atoms with Gasteiger partial charge in [-0.3, -0.25) is 9.59 Å². The van der Waals surface area contributed by atoms with E-state index >= 15 is 0 Å². The van der Waals surface area contributed by atoms with E-state index in [1.54, 1.807) is 12.1 Å². The number of benzene rings is 2. The summed E-state index contributed by atoms with van der Waals surface area (Å²) >= 11 is 0. The number of carbonyl (C=O) groups excluding carboxylic acids is 2. The van der Waals surface area contributed by atoms with Gasteiger partial charge in [0, 0.05) is 18.0 Å². The minimum atomic E-state index is -0.194. The highest BCUT2D eigenvalue weighted by atomic mass is 16.5. The smallest absolute Gasteiger partial charge is 0.255 e. The molecule has 0 aromatic heterocycles. The molecule has 2 N–H and O–H groups in total. The van der Waals surface area contributed by atoms with E-state index in [2.05, 4.69) is 10.6 Å². The number of nitrogens with one attached hydrogen (secondary N) is 2. The molecule has 0 unspecified atom stereocenters. The summed E-state index contributed by atoms with van der Waals surface area (Å²) in [6.45, 7) is 2.93. The lowest BCUT2D eigenvalue weighted by atomic mass is 10.1. The van der Waals surface area contributed by atoms with E-state index in [9.17, 15) is 9.59 Å². The first kappa shape index (κ1) is 17.0. The summed E-state index contributed by atoms with van der Waals surface area (Å²) in [4.78, 5) is 24.1. The van der Waals surface area contributed by atoms with E-state index in [-0.39, 0.29) is 17.7 Å². The fraction of sp³-hybridized carbons (Fsp3) is 0.300. The average Bonchev–Trinajstić information content (AvgIpc) is 3.47. The van der Waals surface area contributed by atoms with E-state index in [0.717, 1.165) is 18.4 Å². The van der Waals surface area contributed by atoms with E-state index < -0.39 is 0 Å². The predicted molar refractivity (Wildman–Crippen MR) is 96.6 cm³/mol. The number of amides is 2. The number of carbonyl (C=O) groups is 2. The lowest BCUT2D eigenvalue weighted by molar-refractivity contribution is -0.122. The van der Waals surface area contributed by atoms with Gasteiger partial charge >= 0.3 is 0 Å². The fourth-order valence-corrected chi connectivity index (χ4v) is 2.50. The standard InChI is InChI=1S/C20H22N2O3/c1-2-25-18-6-4-3-5-17(18)22-20(24)16-9-7-14(8-10-16)13-21-19(23)15-11-12-15/h3-10,15H,2,11-13H2,1H3,(H,21,23)(H,22,24). The number of hydrogen-bond donors (Lipinski definition) is 2. The Morgan fingerprint density at radius 1 is 1.08 bits per heavy atom. The van der Waals surface area contributed by atoms with Crippen molar-refractivity contribution < 1.29 is 14.3 Å². The van der Waals surface area contributed by atoms with Crippen molar-refractivity contribution in [3.05, 3.63) is 59.7 Å². The Balaban J connectivity index is 1.59. The van der Waals surface area contributed by atoms with Crippen LogP contribution in [0.5, 0.6) is 5.75 Å². The van der Waals surface area contributed by atoms with Gasteiger partial charge in [0.25, 0.3) is 5.91 Å². The highest BCUT2D eigenvalue weighted by Crippen LogP contribution is 2.28. The second kappa shape index (κ2) is 7.83. The van der Waals surface area contributed by atoms with Crippen LogP contribution >= 0.6 is 0 Å². The SMILES string of the molecule is CCOc1ccccc1NC(=O)c1ccc(CNC(=O)C2CC2)cc1. The molecule has 5 nitrogen and oxygen atoms in total. The summed E-state index contributed by atoms with van der Waals surface area (Å²) in [7, 11) is 0. The Morgan fingerprint density at radius 3 is 2.48 bits per heavy atom. The number of ether oxygens (including phenoxy) is 1. The average molecular weight is 338 g/mol. The van der Waals surface area contributed by atoms with Gasteiger partial charge in [-0.25, -0.2) is 0 Å². The third kappa shape index (κ3) is 4.59. The minimum Gasteiger partial charge on any atom is -0.492 e. The monoisotopic (exact) mass is 338 g/mol. The van der Waals surface area contributed by atoms with Crippen LogP contribution in [-0.4, -0.2) is 18.4 Å². The second-order valence-electron chi connectivity index (χ2n) is 6.07. The Labute approximate surface area is 147 Å². The first-order valence-electron chi connectivity index (χ1n) is 8.57.